The molecule has 1 aromatic carbocycles. The van der Waals surface area contributed by atoms with Crippen LogP contribution < -0.4 is 16.0 Å². The average Bonchev–Trinajstić information content (AvgIpc) is 3.07. The van der Waals surface area contributed by atoms with Crippen LogP contribution in [0.15, 0.2) is 18.2 Å². The minimum absolute atomic E-state index is 0.0463. The Morgan fingerprint density at radius 2 is 1.93 bits per heavy atom. The molecule has 3 fully saturated rings. The minimum Gasteiger partial charge on any atom is -0.465 e. The first kappa shape index (κ1) is 20.1. The number of hydrogen-bond acceptors (Lipinski definition) is 5. The van der Waals surface area contributed by atoms with Crippen molar-refractivity contribution >= 4 is 34.6 Å². The van der Waals surface area contributed by atoms with E-state index in [0.717, 1.165) is 37.2 Å². The van der Waals surface area contributed by atoms with Gasteiger partial charge in [0.25, 0.3) is 5.91 Å². The highest BCUT2D eigenvalue weighted by molar-refractivity contribution is 6.08. The number of aromatic nitrogens is 2. The van der Waals surface area contributed by atoms with Gasteiger partial charge in [0.1, 0.15) is 0 Å². The first-order valence-corrected chi connectivity index (χ1v) is 10.2. The van der Waals surface area contributed by atoms with Crippen molar-refractivity contribution in [1.29, 1.82) is 0 Å². The highest BCUT2D eigenvalue weighted by Gasteiger charge is 2.35. The zero-order valence-corrected chi connectivity index (χ0v) is 17.0. The van der Waals surface area contributed by atoms with Crippen molar-refractivity contribution in [2.24, 2.45) is 5.92 Å². The number of nitrogens with zero attached hydrogens (tertiary/aromatic N) is 3. The van der Waals surface area contributed by atoms with E-state index < -0.39 is 12.1 Å². The topological polar surface area (TPSA) is 129 Å². The minimum atomic E-state index is -1.21. The quantitative estimate of drug-likeness (QED) is 0.605. The Hall–Kier alpha value is -3.14. The molecule has 0 saturated carbocycles. The number of nitrogens with one attached hydrogen (secondary N) is 3. The molecule has 0 radical (unpaired) electrons. The summed E-state index contributed by atoms with van der Waals surface area (Å²) < 4.78 is 1.16. The molecule has 0 unspecified atom stereocenters. The van der Waals surface area contributed by atoms with E-state index in [4.69, 9.17) is 5.11 Å². The molecule has 2 aromatic rings. The molecular weight excluding hydrogens is 388 g/mol. The van der Waals surface area contributed by atoms with Crippen molar-refractivity contribution in [1.82, 2.24) is 25.3 Å². The maximum absolute atomic E-state index is 13.1. The lowest BCUT2D eigenvalue weighted by Gasteiger charge is -2.44. The lowest BCUT2D eigenvalue weighted by atomic mass is 9.84. The number of carboxylic acid groups (broad SMARTS) is 1. The van der Waals surface area contributed by atoms with Gasteiger partial charge in [0.15, 0.2) is 5.69 Å². The summed E-state index contributed by atoms with van der Waals surface area (Å²) in [5.74, 6) is 0.0862. The Labute approximate surface area is 173 Å². The second-order valence-corrected chi connectivity index (χ2v) is 8.24. The maximum atomic E-state index is 13.1. The summed E-state index contributed by atoms with van der Waals surface area (Å²) in [4.78, 5) is 39.1. The van der Waals surface area contributed by atoms with Gasteiger partial charge in [-0.1, -0.05) is 0 Å². The SMILES string of the molecule is CC(C)NC(=O)n1nc(C(=O)N[C@H]2CN3CCC2CC3)c2cc(NC(=O)O)ccc21. The van der Waals surface area contributed by atoms with Crippen LogP contribution in [0.3, 0.4) is 0 Å². The molecule has 3 aliphatic heterocycles. The summed E-state index contributed by atoms with van der Waals surface area (Å²) in [6, 6.07) is 4.14. The van der Waals surface area contributed by atoms with Crippen LogP contribution in [-0.2, 0) is 0 Å². The lowest BCUT2D eigenvalue weighted by molar-refractivity contribution is 0.0618. The summed E-state index contributed by atoms with van der Waals surface area (Å²) in [7, 11) is 0. The second-order valence-electron chi connectivity index (χ2n) is 8.24. The smallest absolute Gasteiger partial charge is 0.409 e. The molecule has 4 N–H and O–H groups in total. The van der Waals surface area contributed by atoms with Gasteiger partial charge in [0, 0.05) is 29.7 Å². The van der Waals surface area contributed by atoms with Crippen LogP contribution in [-0.4, -0.2) is 69.5 Å². The molecule has 30 heavy (non-hydrogen) atoms. The Morgan fingerprint density at radius 3 is 2.53 bits per heavy atom. The Morgan fingerprint density at radius 1 is 1.20 bits per heavy atom. The summed E-state index contributed by atoms with van der Waals surface area (Å²) in [5.41, 5.74) is 0.841. The van der Waals surface area contributed by atoms with Crippen molar-refractivity contribution in [3.63, 3.8) is 0 Å². The zero-order chi connectivity index (χ0) is 21.4. The number of benzene rings is 1. The third-order valence-electron chi connectivity index (χ3n) is 5.72. The van der Waals surface area contributed by atoms with Crippen LogP contribution in [0.5, 0.6) is 0 Å². The molecule has 3 aliphatic rings. The number of rotatable bonds is 4. The van der Waals surface area contributed by atoms with Gasteiger partial charge in [-0.15, -0.1) is 0 Å². The fourth-order valence-corrected chi connectivity index (χ4v) is 4.32. The zero-order valence-electron chi connectivity index (χ0n) is 17.0. The normalized spacial score (nSPS) is 22.8. The highest BCUT2D eigenvalue weighted by Crippen LogP contribution is 2.28. The Balaban J connectivity index is 1.68. The van der Waals surface area contributed by atoms with E-state index in [1.54, 1.807) is 6.07 Å². The van der Waals surface area contributed by atoms with E-state index >= 15 is 0 Å². The van der Waals surface area contributed by atoms with Crippen LogP contribution in [0.2, 0.25) is 0 Å². The predicted octanol–water partition coefficient (Wildman–Crippen LogP) is 1.92. The van der Waals surface area contributed by atoms with Crippen molar-refractivity contribution in [3.8, 4) is 0 Å². The molecule has 3 saturated heterocycles. The number of hydrogen-bond donors (Lipinski definition) is 4. The van der Waals surface area contributed by atoms with Crippen LogP contribution in [0.1, 0.15) is 37.2 Å². The second kappa shape index (κ2) is 7.94. The van der Waals surface area contributed by atoms with Crippen molar-refractivity contribution < 1.29 is 19.5 Å². The van der Waals surface area contributed by atoms with Gasteiger partial charge in [0.2, 0.25) is 0 Å². The van der Waals surface area contributed by atoms with Crippen LogP contribution >= 0.6 is 0 Å². The molecule has 4 heterocycles. The lowest BCUT2D eigenvalue weighted by Crippen LogP contribution is -2.57. The van der Waals surface area contributed by atoms with Gasteiger partial charge in [-0.3, -0.25) is 10.1 Å². The summed E-state index contributed by atoms with van der Waals surface area (Å²) in [5, 5.41) is 21.8. The van der Waals surface area contributed by atoms with E-state index in [-0.39, 0.29) is 23.7 Å². The van der Waals surface area contributed by atoms with Gasteiger partial charge in [0.05, 0.1) is 5.52 Å². The molecule has 2 bridgehead atoms. The first-order chi connectivity index (χ1) is 14.3. The molecule has 10 nitrogen and oxygen atoms in total. The fraction of sp³-hybridized carbons (Fsp3) is 0.500. The van der Waals surface area contributed by atoms with Crippen LogP contribution in [0.25, 0.3) is 10.9 Å². The molecule has 3 amide bonds. The van der Waals surface area contributed by atoms with E-state index in [2.05, 4.69) is 25.9 Å². The Bertz CT molecular complexity index is 993. The molecule has 1 atom stereocenters. The molecule has 5 rings (SSSR count). The number of piperidine rings is 3. The molecule has 1 aromatic heterocycles. The van der Waals surface area contributed by atoms with Gasteiger partial charge < -0.3 is 20.6 Å². The number of anilines is 1. The maximum Gasteiger partial charge on any atom is 0.409 e. The van der Waals surface area contributed by atoms with Crippen molar-refractivity contribution in [3.05, 3.63) is 23.9 Å². The van der Waals surface area contributed by atoms with Crippen LogP contribution in [0, 0.1) is 5.92 Å². The number of fused-ring (bicyclic) bond motifs is 4. The number of amides is 3. The van der Waals surface area contributed by atoms with E-state index in [0.29, 0.717) is 22.5 Å². The number of carbonyl (C=O) groups excluding carboxylic acids is 2. The molecule has 160 valence electrons. The Kier molecular flexibility index (Phi) is 5.33. The van der Waals surface area contributed by atoms with Gasteiger partial charge in [-0.2, -0.15) is 9.78 Å². The average molecular weight is 414 g/mol. The van der Waals surface area contributed by atoms with E-state index in [1.807, 2.05) is 13.8 Å². The standard InChI is InChI=1S/C20H26N6O4/c1-11(2)21-19(28)26-16-4-3-13(22-20(29)30)9-14(16)17(24-26)18(27)23-15-10-25-7-5-12(15)6-8-25/h3-4,9,11-12,15,22H,5-8,10H2,1-2H3,(H,21,28)(H,23,27)(H,29,30)/t15-/m0/s1. The van der Waals surface area contributed by atoms with E-state index in [9.17, 15) is 14.4 Å². The number of carbonyl (C=O) groups is 3. The molecular formula is C20H26N6O4. The third-order valence-corrected chi connectivity index (χ3v) is 5.72. The van der Waals surface area contributed by atoms with Crippen molar-refractivity contribution in [2.75, 3.05) is 25.0 Å². The van der Waals surface area contributed by atoms with Gasteiger partial charge in [-0.25, -0.2) is 9.59 Å². The highest BCUT2D eigenvalue weighted by atomic mass is 16.4. The van der Waals surface area contributed by atoms with Gasteiger partial charge >= 0.3 is 12.1 Å². The molecule has 0 aliphatic carbocycles. The van der Waals surface area contributed by atoms with Crippen molar-refractivity contribution in [2.45, 2.75) is 38.8 Å². The monoisotopic (exact) mass is 414 g/mol. The predicted molar refractivity (Wildman–Crippen MR) is 111 cm³/mol. The van der Waals surface area contributed by atoms with Gasteiger partial charge in [-0.05, 0) is 63.9 Å². The summed E-state index contributed by atoms with van der Waals surface area (Å²) in [6.07, 6.45) is 0.908. The van der Waals surface area contributed by atoms with E-state index in [1.165, 1.54) is 12.1 Å². The third kappa shape index (κ3) is 3.95. The fourth-order valence-electron chi connectivity index (χ4n) is 4.32. The summed E-state index contributed by atoms with van der Waals surface area (Å²) >= 11 is 0. The molecule has 10 heteroatoms. The first-order valence-electron chi connectivity index (χ1n) is 10.2. The summed E-state index contributed by atoms with van der Waals surface area (Å²) in [6.45, 7) is 6.61. The van der Waals surface area contributed by atoms with Crippen LogP contribution in [0.4, 0.5) is 15.3 Å². The largest absolute Gasteiger partial charge is 0.465 e. The molecule has 0 spiro atoms.